The molecule has 0 aliphatic carbocycles. The van der Waals surface area contributed by atoms with Crippen LogP contribution < -0.4 is 0 Å². The van der Waals surface area contributed by atoms with Crippen molar-refractivity contribution in [1.82, 2.24) is 0 Å². The first-order valence-corrected chi connectivity index (χ1v) is 16.8. The Bertz CT molecular complexity index is 1180. The molecule has 0 amide bonds. The van der Waals surface area contributed by atoms with Gasteiger partial charge in [-0.2, -0.15) is 0 Å². The van der Waals surface area contributed by atoms with Crippen molar-refractivity contribution in [2.24, 2.45) is 0 Å². The lowest BCUT2D eigenvalue weighted by molar-refractivity contribution is -0.394. The quantitative estimate of drug-likeness (QED) is 0.0512. The van der Waals surface area contributed by atoms with Crippen molar-refractivity contribution >= 4 is 38.7 Å². The first-order chi connectivity index (χ1) is 25.1. The Balaban J connectivity index is 0.000000520. The Hall–Kier alpha value is -3.84. The van der Waals surface area contributed by atoms with E-state index >= 15 is 0 Å². The van der Waals surface area contributed by atoms with Crippen LogP contribution in [0.25, 0.3) is 0 Å². The Morgan fingerprint density at radius 3 is 0.923 bits per heavy atom. The maximum atomic E-state index is 10.8. The highest BCUT2D eigenvalue weighted by Gasteiger charge is 2.17. The zero-order chi connectivity index (χ0) is 38.4. The van der Waals surface area contributed by atoms with Crippen molar-refractivity contribution in [1.29, 1.82) is 0 Å². The number of nitrogens with zero attached hydrogens (tertiary/aromatic N) is 4. The van der Waals surface area contributed by atoms with Gasteiger partial charge in [-0.25, -0.2) is 0 Å². The van der Waals surface area contributed by atoms with Crippen LogP contribution in [0, 0.1) is 40.5 Å². The number of alkyl halides is 1. The van der Waals surface area contributed by atoms with Crippen LogP contribution in [0.4, 0.5) is 22.7 Å². The smallest absolute Gasteiger partial charge is 0.276 e. The van der Waals surface area contributed by atoms with Gasteiger partial charge in [0.15, 0.2) is 0 Å². The molecular formula is C30H43BrN4O17. The number of rotatable bonds is 30. The lowest BCUT2D eigenvalue weighted by Gasteiger charge is -2.07. The number of aliphatic hydroxyl groups is 1. The largest absolute Gasteiger partial charge is 0.394 e. The molecule has 2 aromatic rings. The minimum Gasteiger partial charge on any atom is -0.394 e. The Morgan fingerprint density at radius 2 is 0.673 bits per heavy atom. The summed E-state index contributed by atoms with van der Waals surface area (Å²) in [5.74, 6) is 0. The number of hydrogen-bond acceptors (Lipinski definition) is 17. The van der Waals surface area contributed by atoms with Gasteiger partial charge in [-0.15, -0.1) is 0 Å². The summed E-state index contributed by atoms with van der Waals surface area (Å²) in [4.78, 5) is 40.5. The normalized spacial score (nSPS) is 10.8. The van der Waals surface area contributed by atoms with E-state index in [0.29, 0.717) is 83.8 Å². The molecule has 0 heterocycles. The fourth-order valence-corrected chi connectivity index (χ4v) is 3.95. The molecule has 22 heteroatoms. The third-order valence-corrected chi connectivity index (χ3v) is 6.32. The minimum atomic E-state index is -0.686. The molecule has 0 saturated heterocycles. The van der Waals surface area contributed by atoms with Gasteiger partial charge in [0.2, 0.25) is 0 Å². The van der Waals surface area contributed by atoms with Crippen LogP contribution in [-0.2, 0) is 51.1 Å². The lowest BCUT2D eigenvalue weighted by Crippen LogP contribution is -2.12. The van der Waals surface area contributed by atoms with Crippen LogP contribution in [0.15, 0.2) is 36.4 Å². The summed E-state index contributed by atoms with van der Waals surface area (Å²) >= 11 is 3.25. The molecule has 2 rings (SSSR count). The van der Waals surface area contributed by atoms with Crippen molar-refractivity contribution in [2.45, 2.75) is 13.2 Å². The third-order valence-electron chi connectivity index (χ3n) is 5.99. The monoisotopic (exact) mass is 810 g/mol. The van der Waals surface area contributed by atoms with Gasteiger partial charge >= 0.3 is 0 Å². The molecule has 0 atom stereocenters. The van der Waals surface area contributed by atoms with E-state index in [1.54, 1.807) is 0 Å². The number of halogens is 1. The molecule has 0 unspecified atom stereocenters. The number of nitro groups is 4. The predicted octanol–water partition coefficient (Wildman–Crippen LogP) is 3.53. The molecule has 0 saturated carbocycles. The number of hydrogen-bond donors (Lipinski definition) is 1. The van der Waals surface area contributed by atoms with Crippen molar-refractivity contribution in [3.8, 4) is 0 Å². The Morgan fingerprint density at radius 1 is 0.423 bits per heavy atom. The van der Waals surface area contributed by atoms with Crippen LogP contribution in [0.2, 0.25) is 0 Å². The molecule has 0 aliphatic heterocycles. The third kappa shape index (κ3) is 22.9. The van der Waals surface area contributed by atoms with Gasteiger partial charge < -0.3 is 43.0 Å². The molecule has 52 heavy (non-hydrogen) atoms. The van der Waals surface area contributed by atoms with E-state index in [-0.39, 0.29) is 62.4 Å². The topological polar surface area (TPSA) is 267 Å². The summed E-state index contributed by atoms with van der Waals surface area (Å²) in [5.41, 5.74) is -0.684. The van der Waals surface area contributed by atoms with Gasteiger partial charge in [0.1, 0.15) is 0 Å². The van der Waals surface area contributed by atoms with Crippen LogP contribution in [0.3, 0.4) is 0 Å². The average Bonchev–Trinajstić information content (AvgIpc) is 3.12. The van der Waals surface area contributed by atoms with E-state index in [1.807, 2.05) is 0 Å². The van der Waals surface area contributed by atoms with Crippen molar-refractivity contribution in [3.05, 3.63) is 88.0 Å². The van der Waals surface area contributed by atoms with E-state index in [9.17, 15) is 40.5 Å². The summed E-state index contributed by atoms with van der Waals surface area (Å²) < 4.78 is 42.0. The molecule has 0 aromatic heterocycles. The fraction of sp³-hybridized carbons (Fsp3) is 0.600. The summed E-state index contributed by atoms with van der Waals surface area (Å²) in [5, 5.41) is 52.5. The number of non-ortho nitro benzene ring substituents is 4. The molecule has 1 N–H and O–H groups in total. The second-order valence-corrected chi connectivity index (χ2v) is 10.7. The van der Waals surface area contributed by atoms with E-state index in [4.69, 9.17) is 43.0 Å². The summed E-state index contributed by atoms with van der Waals surface area (Å²) in [6.07, 6.45) is 0. The molecule has 292 valence electrons. The lowest BCUT2D eigenvalue weighted by atomic mass is 10.2. The number of nitro benzene ring substituents is 4. The maximum Gasteiger partial charge on any atom is 0.276 e. The van der Waals surface area contributed by atoms with Gasteiger partial charge in [0, 0.05) is 29.6 Å². The molecule has 0 fully saturated rings. The molecule has 0 spiro atoms. The van der Waals surface area contributed by atoms with Crippen LogP contribution in [0.1, 0.15) is 11.1 Å². The fourth-order valence-electron chi connectivity index (χ4n) is 3.72. The minimum absolute atomic E-state index is 0.00454. The molecule has 21 nitrogen and oxygen atoms in total. The van der Waals surface area contributed by atoms with Gasteiger partial charge in [-0.05, 0) is 11.1 Å². The van der Waals surface area contributed by atoms with Gasteiger partial charge in [-0.3, -0.25) is 40.5 Å². The van der Waals surface area contributed by atoms with E-state index in [1.165, 1.54) is 24.3 Å². The highest BCUT2D eigenvalue weighted by molar-refractivity contribution is 9.09. The van der Waals surface area contributed by atoms with Crippen molar-refractivity contribution < 1.29 is 62.7 Å². The van der Waals surface area contributed by atoms with Crippen LogP contribution in [-0.4, -0.2) is 129 Å². The number of aliphatic hydroxyl groups excluding tert-OH is 1. The summed E-state index contributed by atoms with van der Waals surface area (Å²) in [7, 11) is 0. The maximum absolute atomic E-state index is 10.8. The Kier molecular flexibility index (Phi) is 26.4. The van der Waals surface area contributed by atoms with E-state index < -0.39 is 19.7 Å². The molecule has 0 aliphatic rings. The second kappa shape index (κ2) is 29.7. The average molecular weight is 812 g/mol. The standard InChI is InChI=1S/C15H21BrN2O8.C15H22N2O9/c16-1-2-23-3-4-24-5-6-25-7-8-26-12-13-9-14(17(19)20)11-15(10-13)18(21)22;18-1-2-23-3-4-24-5-6-25-7-8-26-12-13-9-14(16(19)20)11-15(10-13)17(21)22/h9-11H,1-8,12H2;9-11,18H,1-8,12H2. The van der Waals surface area contributed by atoms with E-state index in [2.05, 4.69) is 15.9 Å². The molecule has 0 bridgehead atoms. The second-order valence-electron chi connectivity index (χ2n) is 9.94. The van der Waals surface area contributed by atoms with Gasteiger partial charge in [-0.1, -0.05) is 15.9 Å². The van der Waals surface area contributed by atoms with E-state index in [0.717, 1.165) is 17.5 Å². The molecule has 2 aromatic carbocycles. The SMILES string of the molecule is O=[N+]([O-])c1cc(COCCOCCOCCOCCBr)cc([N+](=O)[O-])c1.O=[N+]([O-])c1cc(COCCOCCOCCOCCO)cc([N+](=O)[O-])c1. The number of ether oxygens (including phenoxy) is 8. The first kappa shape index (κ1) is 46.2. The molecular weight excluding hydrogens is 768 g/mol. The van der Waals surface area contributed by atoms with Crippen molar-refractivity contribution in [3.63, 3.8) is 0 Å². The van der Waals surface area contributed by atoms with Gasteiger partial charge in [0.25, 0.3) is 22.7 Å². The summed E-state index contributed by atoms with van der Waals surface area (Å²) in [6.45, 7) is 5.47. The zero-order valence-electron chi connectivity index (χ0n) is 28.3. The predicted molar refractivity (Wildman–Crippen MR) is 185 cm³/mol. The summed E-state index contributed by atoms with van der Waals surface area (Å²) in [6, 6.07) is 6.79. The van der Waals surface area contributed by atoms with Gasteiger partial charge in [0.05, 0.1) is 144 Å². The zero-order valence-corrected chi connectivity index (χ0v) is 29.9. The number of benzene rings is 2. The molecule has 0 radical (unpaired) electrons. The highest BCUT2D eigenvalue weighted by Crippen LogP contribution is 2.24. The van der Waals surface area contributed by atoms with Crippen LogP contribution in [0.5, 0.6) is 0 Å². The Labute approximate surface area is 306 Å². The first-order valence-electron chi connectivity index (χ1n) is 15.7. The van der Waals surface area contributed by atoms with Crippen LogP contribution >= 0.6 is 15.9 Å². The van der Waals surface area contributed by atoms with Crippen molar-refractivity contribution in [2.75, 3.05) is 104 Å². The highest BCUT2D eigenvalue weighted by atomic mass is 79.9.